The third kappa shape index (κ3) is 2.03. The average molecular weight is 196 g/mol. The summed E-state index contributed by atoms with van der Waals surface area (Å²) < 4.78 is 0. The summed E-state index contributed by atoms with van der Waals surface area (Å²) in [7, 11) is 0. The molecule has 0 aromatic carbocycles. The van der Waals surface area contributed by atoms with E-state index in [2.05, 4.69) is 28.6 Å². The molecule has 2 rings (SSSR count). The molecule has 2 nitrogen and oxygen atoms in total. The Morgan fingerprint density at radius 1 is 1.46 bits per heavy atom. The molecule has 0 bridgehead atoms. The molecule has 1 aromatic rings. The first kappa shape index (κ1) is 9.03. The molecule has 0 aliphatic carbocycles. The average Bonchev–Trinajstić information content (AvgIpc) is 2.67. The van der Waals surface area contributed by atoms with Crippen molar-refractivity contribution in [2.45, 2.75) is 13.3 Å². The summed E-state index contributed by atoms with van der Waals surface area (Å²) in [5.74, 6) is 0. The fourth-order valence-electron chi connectivity index (χ4n) is 1.64. The molecule has 1 aromatic heterocycles. The monoisotopic (exact) mass is 196 g/mol. The van der Waals surface area contributed by atoms with Crippen LogP contribution in [0.3, 0.4) is 0 Å². The van der Waals surface area contributed by atoms with E-state index in [1.165, 1.54) is 10.6 Å². The number of hydrogen-bond donors (Lipinski definition) is 1. The van der Waals surface area contributed by atoms with Gasteiger partial charge in [-0.3, -0.25) is 0 Å². The first-order valence-electron chi connectivity index (χ1n) is 4.93. The second-order valence-corrected chi connectivity index (χ2v) is 4.36. The largest absolute Gasteiger partial charge is 0.368 e. The van der Waals surface area contributed by atoms with Gasteiger partial charge in [0.15, 0.2) is 0 Å². The molecule has 1 aliphatic heterocycles. The molecule has 72 valence electrons. The summed E-state index contributed by atoms with van der Waals surface area (Å²) in [6, 6.07) is 2.33. The van der Waals surface area contributed by atoms with Gasteiger partial charge in [-0.15, -0.1) is 11.3 Å². The van der Waals surface area contributed by atoms with Crippen molar-refractivity contribution in [2.24, 2.45) is 0 Å². The molecule has 0 amide bonds. The molecule has 0 radical (unpaired) electrons. The topological polar surface area (TPSA) is 15.3 Å². The van der Waals surface area contributed by atoms with Crippen molar-refractivity contribution < 1.29 is 0 Å². The quantitative estimate of drug-likeness (QED) is 0.775. The van der Waals surface area contributed by atoms with Crippen LogP contribution in [0.1, 0.15) is 11.8 Å². The molecule has 0 atom stereocenters. The number of rotatable bonds is 2. The smallest absolute Gasteiger partial charge is 0.0478 e. The van der Waals surface area contributed by atoms with E-state index in [4.69, 9.17) is 0 Å². The van der Waals surface area contributed by atoms with Crippen molar-refractivity contribution >= 4 is 17.0 Å². The van der Waals surface area contributed by atoms with Crippen molar-refractivity contribution in [1.29, 1.82) is 0 Å². The molecule has 1 saturated heterocycles. The minimum atomic E-state index is 1.12. The van der Waals surface area contributed by atoms with Gasteiger partial charge in [0.2, 0.25) is 0 Å². The molecule has 2 heterocycles. The number of nitrogens with one attached hydrogen (secondary N) is 1. The van der Waals surface area contributed by atoms with E-state index < -0.39 is 0 Å². The van der Waals surface area contributed by atoms with E-state index in [1.807, 2.05) is 11.3 Å². The summed E-state index contributed by atoms with van der Waals surface area (Å²) in [5.41, 5.74) is 1.42. The van der Waals surface area contributed by atoms with Gasteiger partial charge in [0.1, 0.15) is 0 Å². The molecule has 13 heavy (non-hydrogen) atoms. The van der Waals surface area contributed by atoms with Gasteiger partial charge >= 0.3 is 0 Å². The Morgan fingerprint density at radius 3 is 2.85 bits per heavy atom. The summed E-state index contributed by atoms with van der Waals surface area (Å²) in [6.45, 7) is 6.77. The van der Waals surface area contributed by atoms with Crippen LogP contribution < -0.4 is 10.2 Å². The Balaban J connectivity index is 2.05. The number of aryl methyl sites for hydroxylation is 1. The fraction of sp³-hybridized carbons (Fsp3) is 0.600. The Morgan fingerprint density at radius 2 is 2.23 bits per heavy atom. The van der Waals surface area contributed by atoms with E-state index in [-0.39, 0.29) is 0 Å². The van der Waals surface area contributed by atoms with Crippen LogP contribution >= 0.6 is 11.3 Å². The zero-order valence-corrected chi connectivity index (χ0v) is 8.86. The number of thiophene rings is 1. The van der Waals surface area contributed by atoms with Gasteiger partial charge in [0, 0.05) is 42.1 Å². The number of piperazine rings is 1. The zero-order chi connectivity index (χ0) is 9.10. The molecular weight excluding hydrogens is 180 g/mol. The number of anilines is 1. The van der Waals surface area contributed by atoms with Gasteiger partial charge in [-0.25, -0.2) is 0 Å². The van der Waals surface area contributed by atoms with Gasteiger partial charge in [0.25, 0.3) is 0 Å². The highest BCUT2D eigenvalue weighted by atomic mass is 32.1. The van der Waals surface area contributed by atoms with Gasteiger partial charge in [0.05, 0.1) is 0 Å². The first-order chi connectivity index (χ1) is 6.40. The van der Waals surface area contributed by atoms with E-state index in [9.17, 15) is 0 Å². The van der Waals surface area contributed by atoms with E-state index in [0.29, 0.717) is 0 Å². The van der Waals surface area contributed by atoms with Crippen LogP contribution in [0, 0.1) is 0 Å². The third-order valence-corrected chi connectivity index (χ3v) is 3.54. The predicted octanol–water partition coefficient (Wildman–Crippen LogP) is 1.72. The second kappa shape index (κ2) is 4.11. The van der Waals surface area contributed by atoms with Gasteiger partial charge in [-0.05, 0) is 12.5 Å². The van der Waals surface area contributed by atoms with E-state index in [1.54, 1.807) is 0 Å². The van der Waals surface area contributed by atoms with Crippen molar-refractivity contribution in [2.75, 3.05) is 31.1 Å². The predicted molar refractivity (Wildman–Crippen MR) is 58.8 cm³/mol. The maximum atomic E-state index is 3.37. The highest BCUT2D eigenvalue weighted by Gasteiger charge is 2.11. The SMILES string of the molecule is CCc1cc(N2CCNCC2)cs1. The third-order valence-electron chi connectivity index (χ3n) is 2.47. The lowest BCUT2D eigenvalue weighted by Gasteiger charge is -2.28. The number of hydrogen-bond acceptors (Lipinski definition) is 3. The maximum Gasteiger partial charge on any atom is 0.0478 e. The minimum absolute atomic E-state index is 1.12. The Bertz CT molecular complexity index is 264. The Hall–Kier alpha value is -0.540. The molecule has 0 saturated carbocycles. The Labute approximate surface area is 83.6 Å². The lowest BCUT2D eigenvalue weighted by atomic mass is 10.3. The highest BCUT2D eigenvalue weighted by molar-refractivity contribution is 7.10. The molecule has 3 heteroatoms. The second-order valence-electron chi connectivity index (χ2n) is 3.36. The Kier molecular flexibility index (Phi) is 2.86. The zero-order valence-electron chi connectivity index (χ0n) is 8.05. The lowest BCUT2D eigenvalue weighted by Crippen LogP contribution is -2.43. The lowest BCUT2D eigenvalue weighted by molar-refractivity contribution is 0.589. The van der Waals surface area contributed by atoms with Crippen LogP contribution in [-0.4, -0.2) is 26.2 Å². The summed E-state index contributed by atoms with van der Waals surface area (Å²) in [4.78, 5) is 3.96. The van der Waals surface area contributed by atoms with Crippen molar-refractivity contribution in [1.82, 2.24) is 5.32 Å². The molecule has 1 fully saturated rings. The van der Waals surface area contributed by atoms with Crippen molar-refractivity contribution in [3.05, 3.63) is 16.3 Å². The van der Waals surface area contributed by atoms with Crippen LogP contribution in [0.2, 0.25) is 0 Å². The van der Waals surface area contributed by atoms with Crippen LogP contribution in [0.5, 0.6) is 0 Å². The van der Waals surface area contributed by atoms with Gasteiger partial charge < -0.3 is 10.2 Å². The number of nitrogens with zero attached hydrogens (tertiary/aromatic N) is 1. The van der Waals surface area contributed by atoms with Crippen molar-refractivity contribution in [3.63, 3.8) is 0 Å². The highest BCUT2D eigenvalue weighted by Crippen LogP contribution is 2.23. The molecule has 1 aliphatic rings. The molecule has 0 spiro atoms. The van der Waals surface area contributed by atoms with Crippen LogP contribution in [0.4, 0.5) is 5.69 Å². The maximum absolute atomic E-state index is 3.37. The first-order valence-corrected chi connectivity index (χ1v) is 5.81. The minimum Gasteiger partial charge on any atom is -0.368 e. The molecular formula is C10H16N2S. The van der Waals surface area contributed by atoms with Crippen LogP contribution in [0.15, 0.2) is 11.4 Å². The summed E-state index contributed by atoms with van der Waals surface area (Å²) in [5, 5.41) is 5.65. The van der Waals surface area contributed by atoms with Crippen LogP contribution in [-0.2, 0) is 6.42 Å². The van der Waals surface area contributed by atoms with Gasteiger partial charge in [-0.2, -0.15) is 0 Å². The van der Waals surface area contributed by atoms with Crippen LogP contribution in [0.25, 0.3) is 0 Å². The standard InChI is InChI=1S/C10H16N2S/c1-2-10-7-9(8-13-10)12-5-3-11-4-6-12/h7-8,11H,2-6H2,1H3. The van der Waals surface area contributed by atoms with Gasteiger partial charge in [-0.1, -0.05) is 6.92 Å². The van der Waals surface area contributed by atoms with E-state index in [0.717, 1.165) is 32.6 Å². The molecule has 0 unspecified atom stereocenters. The van der Waals surface area contributed by atoms with Crippen molar-refractivity contribution in [3.8, 4) is 0 Å². The molecule has 1 N–H and O–H groups in total. The normalized spacial score (nSPS) is 17.8. The fourth-order valence-corrected chi connectivity index (χ4v) is 2.49. The van der Waals surface area contributed by atoms with E-state index >= 15 is 0 Å². The summed E-state index contributed by atoms with van der Waals surface area (Å²) in [6.07, 6.45) is 1.16. The summed E-state index contributed by atoms with van der Waals surface area (Å²) >= 11 is 1.88.